The van der Waals surface area contributed by atoms with E-state index in [0.29, 0.717) is 6.54 Å². The Morgan fingerprint density at radius 2 is 1.86 bits per heavy atom. The van der Waals surface area contributed by atoms with Crippen molar-refractivity contribution in [1.29, 1.82) is 0 Å². The van der Waals surface area contributed by atoms with Gasteiger partial charge in [-0.25, -0.2) is 4.79 Å². The van der Waals surface area contributed by atoms with Gasteiger partial charge in [0.25, 0.3) is 0 Å². The Bertz CT molecular complexity index is 1420. The van der Waals surface area contributed by atoms with Gasteiger partial charge in [0.15, 0.2) is 11.5 Å². The van der Waals surface area contributed by atoms with E-state index in [4.69, 9.17) is 14.5 Å². The van der Waals surface area contributed by atoms with Crippen LogP contribution in [0.4, 0.5) is 0 Å². The van der Waals surface area contributed by atoms with Gasteiger partial charge < -0.3 is 19.8 Å². The monoisotopic (exact) mass is 503 g/mol. The second kappa shape index (κ2) is 9.70. The Hall–Kier alpha value is -3.59. The number of aromatic nitrogens is 2. The summed E-state index contributed by atoms with van der Waals surface area (Å²) in [6.07, 6.45) is 4.30. The van der Waals surface area contributed by atoms with Gasteiger partial charge in [-0.3, -0.25) is 19.3 Å². The van der Waals surface area contributed by atoms with Gasteiger partial charge in [-0.1, -0.05) is 12.1 Å². The first-order valence-electron chi connectivity index (χ1n) is 13.1. The van der Waals surface area contributed by atoms with Crippen LogP contribution < -0.4 is 20.5 Å². The van der Waals surface area contributed by atoms with Crippen LogP contribution in [0.2, 0.25) is 0 Å². The summed E-state index contributed by atoms with van der Waals surface area (Å²) in [6, 6.07) is 12.3. The molecule has 2 unspecified atom stereocenters. The highest BCUT2D eigenvalue weighted by molar-refractivity contribution is 6.00. The predicted molar refractivity (Wildman–Crippen MR) is 142 cm³/mol. The number of aryl methyl sites for hydroxylation is 1. The van der Waals surface area contributed by atoms with Crippen molar-refractivity contribution < 1.29 is 14.3 Å². The summed E-state index contributed by atoms with van der Waals surface area (Å²) < 4.78 is 12.9. The summed E-state index contributed by atoms with van der Waals surface area (Å²) in [5, 5.41) is 3.09. The lowest BCUT2D eigenvalue weighted by Gasteiger charge is -2.32. The molecular formula is C28H33N5O4. The number of H-pyrrole nitrogens is 1. The van der Waals surface area contributed by atoms with Gasteiger partial charge in [-0.15, -0.1) is 0 Å². The number of methoxy groups -OCH3 is 2. The first-order chi connectivity index (χ1) is 18.0. The standard InChI is InChI=1S/C28H33N5O4/c1-36-24-13-17-7-8-21-20(19(17)14-25(24)37-2)15-26(29-21)31-27(34)16-32-11-9-18(10-12-32)33-23-6-4-3-5-22(23)30-28(33)35/h3-6,13-14,18,20-21H,7-12,15-16H2,1-2H3,(H,30,35)(H,29,31,34). The van der Waals surface area contributed by atoms with Gasteiger partial charge in [0.2, 0.25) is 5.91 Å². The van der Waals surface area contributed by atoms with E-state index in [1.807, 2.05) is 28.8 Å². The maximum Gasteiger partial charge on any atom is 0.326 e. The van der Waals surface area contributed by atoms with Crippen molar-refractivity contribution in [1.82, 2.24) is 19.8 Å². The third-order valence-electron chi connectivity index (χ3n) is 8.15. The minimum atomic E-state index is -0.0595. The van der Waals surface area contributed by atoms with Gasteiger partial charge >= 0.3 is 5.69 Å². The number of amides is 1. The normalized spacial score (nSPS) is 21.8. The Labute approximate surface area is 215 Å². The summed E-state index contributed by atoms with van der Waals surface area (Å²) in [6.45, 7) is 1.89. The zero-order chi connectivity index (χ0) is 25.5. The Morgan fingerprint density at radius 1 is 1.11 bits per heavy atom. The molecule has 194 valence electrons. The van der Waals surface area contributed by atoms with Crippen LogP contribution in [0.5, 0.6) is 11.5 Å². The predicted octanol–water partition coefficient (Wildman–Crippen LogP) is 3.00. The maximum atomic E-state index is 12.9. The van der Waals surface area contributed by atoms with Crippen LogP contribution in [-0.2, 0) is 11.2 Å². The van der Waals surface area contributed by atoms with Gasteiger partial charge in [0.05, 0.1) is 37.8 Å². The Morgan fingerprint density at radius 3 is 2.65 bits per heavy atom. The number of piperidine rings is 1. The summed E-state index contributed by atoms with van der Waals surface area (Å²) in [5.41, 5.74) is 4.28. The van der Waals surface area contributed by atoms with E-state index in [-0.39, 0.29) is 29.6 Å². The van der Waals surface area contributed by atoms with E-state index in [2.05, 4.69) is 27.3 Å². The molecule has 0 radical (unpaired) electrons. The van der Waals surface area contributed by atoms with Gasteiger partial charge in [0, 0.05) is 31.5 Å². The number of carbonyl (C=O) groups is 1. The fourth-order valence-electron chi connectivity index (χ4n) is 6.33. The minimum Gasteiger partial charge on any atom is -0.493 e. The lowest BCUT2D eigenvalue weighted by atomic mass is 9.79. The number of hydrogen-bond acceptors (Lipinski definition) is 6. The number of aromatic amines is 1. The van der Waals surface area contributed by atoms with Crippen molar-refractivity contribution in [3.63, 3.8) is 0 Å². The van der Waals surface area contributed by atoms with Crippen molar-refractivity contribution >= 4 is 22.8 Å². The number of nitrogens with one attached hydrogen (secondary N) is 2. The van der Waals surface area contributed by atoms with Crippen molar-refractivity contribution in [3.05, 3.63) is 58.0 Å². The largest absolute Gasteiger partial charge is 0.493 e. The molecule has 1 fully saturated rings. The molecule has 1 aliphatic carbocycles. The third-order valence-corrected chi connectivity index (χ3v) is 8.15. The van der Waals surface area contributed by atoms with Gasteiger partial charge in [-0.05, 0) is 61.1 Å². The molecule has 3 aliphatic rings. The number of fused-ring (bicyclic) bond motifs is 4. The third kappa shape index (κ3) is 4.41. The van der Waals surface area contributed by atoms with E-state index in [1.165, 1.54) is 11.1 Å². The van der Waals surface area contributed by atoms with E-state index in [1.54, 1.807) is 14.2 Å². The Balaban J connectivity index is 1.05. The lowest BCUT2D eigenvalue weighted by molar-refractivity contribution is -0.121. The van der Waals surface area contributed by atoms with Crippen molar-refractivity contribution in [2.45, 2.75) is 50.1 Å². The highest BCUT2D eigenvalue weighted by Gasteiger charge is 2.36. The maximum absolute atomic E-state index is 12.9. The number of ether oxygens (including phenoxy) is 2. The summed E-state index contributed by atoms with van der Waals surface area (Å²) in [7, 11) is 3.32. The molecule has 2 aromatic carbocycles. The molecule has 0 bridgehead atoms. The molecule has 37 heavy (non-hydrogen) atoms. The number of amidine groups is 1. The van der Waals surface area contributed by atoms with Crippen molar-refractivity contribution in [2.24, 2.45) is 4.99 Å². The molecule has 9 nitrogen and oxygen atoms in total. The smallest absolute Gasteiger partial charge is 0.326 e. The number of hydrogen-bond donors (Lipinski definition) is 2. The average Bonchev–Trinajstić information content (AvgIpc) is 3.47. The summed E-state index contributed by atoms with van der Waals surface area (Å²) in [4.78, 5) is 35.5. The number of aliphatic imine (C=N–C) groups is 1. The van der Waals surface area contributed by atoms with Crippen LogP contribution in [0.3, 0.4) is 0 Å². The molecule has 2 N–H and O–H groups in total. The highest BCUT2D eigenvalue weighted by Crippen LogP contribution is 2.44. The number of rotatable bonds is 5. The number of para-hydroxylation sites is 2. The van der Waals surface area contributed by atoms with Gasteiger partial charge in [-0.2, -0.15) is 0 Å². The van der Waals surface area contributed by atoms with Crippen LogP contribution in [0, 0.1) is 0 Å². The lowest BCUT2D eigenvalue weighted by Crippen LogP contribution is -2.44. The number of likely N-dealkylation sites (tertiary alicyclic amines) is 1. The minimum absolute atomic E-state index is 0.0207. The second-order valence-electron chi connectivity index (χ2n) is 10.3. The van der Waals surface area contributed by atoms with Crippen molar-refractivity contribution in [2.75, 3.05) is 33.9 Å². The number of imidazole rings is 1. The molecule has 2 atom stereocenters. The molecule has 1 saturated heterocycles. The fraction of sp³-hybridized carbons (Fsp3) is 0.464. The quantitative estimate of drug-likeness (QED) is 0.558. The summed E-state index contributed by atoms with van der Waals surface area (Å²) >= 11 is 0. The number of nitrogens with zero attached hydrogens (tertiary/aromatic N) is 3. The van der Waals surface area contributed by atoms with Crippen LogP contribution in [0.15, 0.2) is 46.2 Å². The second-order valence-corrected chi connectivity index (χ2v) is 10.3. The van der Waals surface area contributed by atoms with E-state index in [0.717, 1.165) is 73.6 Å². The summed E-state index contributed by atoms with van der Waals surface area (Å²) in [5.74, 6) is 2.50. The van der Waals surface area contributed by atoms with Crippen molar-refractivity contribution in [3.8, 4) is 11.5 Å². The van der Waals surface area contributed by atoms with Crippen LogP contribution >= 0.6 is 0 Å². The molecule has 0 spiro atoms. The van der Waals surface area contributed by atoms with E-state index in [9.17, 15) is 9.59 Å². The SMILES string of the molecule is COc1cc2c(cc1OC)C1CC(NC(=O)CN3CCC(n4c(=O)[nH]c5ccccc54)CC3)=NC1CC2. The van der Waals surface area contributed by atoms with Crippen LogP contribution in [0.1, 0.15) is 48.8 Å². The molecule has 0 saturated carbocycles. The first-order valence-corrected chi connectivity index (χ1v) is 13.1. The van der Waals surface area contributed by atoms with Crippen LogP contribution in [-0.4, -0.2) is 66.1 Å². The molecule has 6 rings (SSSR count). The molecular weight excluding hydrogens is 470 g/mol. The van der Waals surface area contributed by atoms with E-state index >= 15 is 0 Å². The topological polar surface area (TPSA) is 101 Å². The number of benzene rings is 2. The molecule has 9 heteroatoms. The van der Waals surface area contributed by atoms with E-state index < -0.39 is 0 Å². The molecule has 1 aromatic heterocycles. The first kappa shape index (κ1) is 23.8. The highest BCUT2D eigenvalue weighted by atomic mass is 16.5. The zero-order valence-electron chi connectivity index (χ0n) is 21.3. The zero-order valence-corrected chi connectivity index (χ0v) is 21.3. The molecule has 3 aromatic rings. The molecule has 3 heterocycles. The fourth-order valence-corrected chi connectivity index (χ4v) is 6.33. The number of carbonyl (C=O) groups excluding carboxylic acids is 1. The van der Waals surface area contributed by atoms with Crippen LogP contribution in [0.25, 0.3) is 11.0 Å². The molecule has 2 aliphatic heterocycles. The van der Waals surface area contributed by atoms with Gasteiger partial charge in [0.1, 0.15) is 5.84 Å². The average molecular weight is 504 g/mol. The molecule has 1 amide bonds. The Kier molecular flexibility index (Phi) is 6.24.